The number of carbonyl (C=O) groups excluding carboxylic acids is 1. The van der Waals surface area contributed by atoms with Crippen molar-refractivity contribution < 1.29 is 9.69 Å². The fraction of sp³-hybridized carbons (Fsp3) is 0.579. The molecular weight excluding hydrogens is 318 g/mol. The second-order valence-corrected chi connectivity index (χ2v) is 7.88. The Bertz CT molecular complexity index is 647. The van der Waals surface area contributed by atoms with Gasteiger partial charge in [0.15, 0.2) is 6.54 Å². The molecule has 1 aromatic carbocycles. The van der Waals surface area contributed by atoms with Crippen molar-refractivity contribution in [1.29, 1.82) is 0 Å². The van der Waals surface area contributed by atoms with Crippen molar-refractivity contribution in [3.05, 3.63) is 29.3 Å². The molecule has 0 bridgehead atoms. The number of rotatable bonds is 6. The zero-order valence-electron chi connectivity index (χ0n) is 14.7. The Kier molecular flexibility index (Phi) is 5.85. The Hall–Kier alpha value is -1.46. The fourth-order valence-electron chi connectivity index (χ4n) is 3.59. The molecule has 1 aliphatic rings. The standard InChI is InChI=1S/C19H27N3OS/c1-3-15(4-2)20-18(23)13-22-11-7-8-14(12-22)19-21-16-9-5-6-10-17(16)24-19/h5-6,9-10,14-15H,3-4,7-8,11-13H2,1-2H3,(H,20,23)/p+1/t14-/m1/s1. The number of fused-ring (bicyclic) bond motifs is 1. The highest BCUT2D eigenvalue weighted by molar-refractivity contribution is 7.18. The number of para-hydroxylation sites is 1. The van der Waals surface area contributed by atoms with Crippen LogP contribution >= 0.6 is 11.3 Å². The Labute approximate surface area is 148 Å². The summed E-state index contributed by atoms with van der Waals surface area (Å²) >= 11 is 1.82. The number of thiazole rings is 1. The van der Waals surface area contributed by atoms with E-state index in [1.165, 1.54) is 27.4 Å². The van der Waals surface area contributed by atoms with Crippen molar-refractivity contribution in [2.24, 2.45) is 0 Å². The van der Waals surface area contributed by atoms with E-state index in [0.29, 0.717) is 18.5 Å². The van der Waals surface area contributed by atoms with Crippen LogP contribution in [0.3, 0.4) is 0 Å². The Morgan fingerprint density at radius 1 is 1.38 bits per heavy atom. The maximum atomic E-state index is 12.3. The van der Waals surface area contributed by atoms with Crippen LogP contribution in [0, 0.1) is 0 Å². The lowest BCUT2D eigenvalue weighted by atomic mass is 9.98. The number of hydrogen-bond acceptors (Lipinski definition) is 3. The van der Waals surface area contributed by atoms with Crippen LogP contribution in [0.1, 0.15) is 50.5 Å². The summed E-state index contributed by atoms with van der Waals surface area (Å²) in [4.78, 5) is 18.5. The van der Waals surface area contributed by atoms with Crippen LogP contribution in [0.2, 0.25) is 0 Å². The first-order valence-electron chi connectivity index (χ1n) is 9.18. The van der Waals surface area contributed by atoms with Crippen LogP contribution in [-0.2, 0) is 4.79 Å². The summed E-state index contributed by atoms with van der Waals surface area (Å²) in [6.07, 6.45) is 4.38. The molecule has 1 aromatic heterocycles. The summed E-state index contributed by atoms with van der Waals surface area (Å²) in [6, 6.07) is 8.68. The van der Waals surface area contributed by atoms with Gasteiger partial charge in [-0.15, -0.1) is 11.3 Å². The van der Waals surface area contributed by atoms with Gasteiger partial charge in [0.25, 0.3) is 5.91 Å². The number of likely N-dealkylation sites (tertiary alicyclic amines) is 1. The van der Waals surface area contributed by atoms with E-state index >= 15 is 0 Å². The van der Waals surface area contributed by atoms with Crippen LogP contribution in [0.15, 0.2) is 24.3 Å². The molecule has 0 aliphatic carbocycles. The van der Waals surface area contributed by atoms with Gasteiger partial charge < -0.3 is 10.2 Å². The highest BCUT2D eigenvalue weighted by Crippen LogP contribution is 2.30. The number of hydrogen-bond donors (Lipinski definition) is 2. The van der Waals surface area contributed by atoms with Crippen LogP contribution in [0.5, 0.6) is 0 Å². The minimum Gasteiger partial charge on any atom is -0.349 e. The summed E-state index contributed by atoms with van der Waals surface area (Å²) in [6.45, 7) is 6.97. The average molecular weight is 347 g/mol. The molecule has 3 rings (SSSR count). The molecule has 1 unspecified atom stereocenters. The lowest BCUT2D eigenvalue weighted by Gasteiger charge is -2.28. The van der Waals surface area contributed by atoms with E-state index < -0.39 is 0 Å². The van der Waals surface area contributed by atoms with Crippen molar-refractivity contribution in [2.75, 3.05) is 19.6 Å². The monoisotopic (exact) mass is 346 g/mol. The molecule has 0 saturated carbocycles. The normalized spacial score (nSPS) is 21.3. The topological polar surface area (TPSA) is 46.4 Å². The van der Waals surface area contributed by atoms with Crippen molar-refractivity contribution >= 4 is 27.5 Å². The third-order valence-corrected chi connectivity index (χ3v) is 6.24. The van der Waals surface area contributed by atoms with Gasteiger partial charge in [-0.2, -0.15) is 0 Å². The van der Waals surface area contributed by atoms with E-state index in [1.54, 1.807) is 0 Å². The summed E-state index contributed by atoms with van der Waals surface area (Å²) in [5.41, 5.74) is 1.11. The predicted molar refractivity (Wildman–Crippen MR) is 99.7 cm³/mol. The number of carbonyl (C=O) groups is 1. The molecule has 2 atom stereocenters. The summed E-state index contributed by atoms with van der Waals surface area (Å²) < 4.78 is 1.27. The van der Waals surface area contributed by atoms with E-state index in [-0.39, 0.29) is 5.91 Å². The highest BCUT2D eigenvalue weighted by atomic mass is 32.1. The molecule has 1 fully saturated rings. The van der Waals surface area contributed by atoms with Gasteiger partial charge in [0.05, 0.1) is 29.2 Å². The zero-order valence-corrected chi connectivity index (χ0v) is 15.5. The lowest BCUT2D eigenvalue weighted by molar-refractivity contribution is -0.898. The molecule has 2 N–H and O–H groups in total. The van der Waals surface area contributed by atoms with Gasteiger partial charge in [0.1, 0.15) is 5.01 Å². The molecule has 2 heterocycles. The molecule has 1 amide bonds. The summed E-state index contributed by atoms with van der Waals surface area (Å²) in [7, 11) is 0. The molecule has 5 heteroatoms. The average Bonchev–Trinajstić information content (AvgIpc) is 3.04. The van der Waals surface area contributed by atoms with E-state index in [1.807, 2.05) is 17.4 Å². The Morgan fingerprint density at radius 3 is 2.92 bits per heavy atom. The van der Waals surface area contributed by atoms with Gasteiger partial charge in [-0.3, -0.25) is 4.79 Å². The maximum Gasteiger partial charge on any atom is 0.275 e. The first-order chi connectivity index (χ1) is 11.7. The molecule has 1 aliphatic heterocycles. The van der Waals surface area contributed by atoms with Crippen molar-refractivity contribution in [3.63, 3.8) is 0 Å². The van der Waals surface area contributed by atoms with E-state index in [4.69, 9.17) is 4.98 Å². The van der Waals surface area contributed by atoms with Gasteiger partial charge in [-0.25, -0.2) is 4.98 Å². The molecule has 24 heavy (non-hydrogen) atoms. The van der Waals surface area contributed by atoms with Gasteiger partial charge in [0.2, 0.25) is 0 Å². The molecule has 4 nitrogen and oxygen atoms in total. The third-order valence-electron chi connectivity index (χ3n) is 5.04. The Balaban J connectivity index is 1.60. The number of nitrogens with one attached hydrogen (secondary N) is 2. The largest absolute Gasteiger partial charge is 0.349 e. The molecule has 2 aromatic rings. The van der Waals surface area contributed by atoms with Crippen LogP contribution in [0.4, 0.5) is 0 Å². The maximum absolute atomic E-state index is 12.3. The number of nitrogens with zero attached hydrogens (tertiary/aromatic N) is 1. The van der Waals surface area contributed by atoms with Gasteiger partial charge in [-0.1, -0.05) is 26.0 Å². The van der Waals surface area contributed by atoms with Crippen LogP contribution in [-0.4, -0.2) is 36.6 Å². The number of aromatic nitrogens is 1. The quantitative estimate of drug-likeness (QED) is 0.843. The molecule has 130 valence electrons. The van der Waals surface area contributed by atoms with Crippen molar-refractivity contribution in [3.8, 4) is 0 Å². The molecule has 1 saturated heterocycles. The first-order valence-corrected chi connectivity index (χ1v) is 9.99. The minimum atomic E-state index is 0.198. The molecule has 0 spiro atoms. The fourth-order valence-corrected chi connectivity index (χ4v) is 4.69. The number of quaternary nitrogens is 1. The number of amides is 1. The molecule has 0 radical (unpaired) electrons. The van der Waals surface area contributed by atoms with Crippen molar-refractivity contribution in [1.82, 2.24) is 10.3 Å². The second-order valence-electron chi connectivity index (χ2n) is 6.82. The SMILES string of the molecule is CCC(CC)NC(=O)C[NH+]1CCC[C@@H](c2nc3ccccc3s2)C1. The van der Waals surface area contributed by atoms with Crippen LogP contribution < -0.4 is 10.2 Å². The highest BCUT2D eigenvalue weighted by Gasteiger charge is 2.28. The summed E-state index contributed by atoms with van der Waals surface area (Å²) in [5.74, 6) is 0.691. The Morgan fingerprint density at radius 2 is 2.17 bits per heavy atom. The predicted octanol–water partition coefficient (Wildman–Crippen LogP) is 2.36. The zero-order chi connectivity index (χ0) is 16.9. The third kappa shape index (κ3) is 4.14. The lowest BCUT2D eigenvalue weighted by Crippen LogP contribution is -3.14. The summed E-state index contributed by atoms with van der Waals surface area (Å²) in [5, 5.41) is 4.41. The second kappa shape index (κ2) is 8.08. The van der Waals surface area contributed by atoms with Crippen LogP contribution in [0.25, 0.3) is 10.2 Å². The number of piperidine rings is 1. The van der Waals surface area contributed by atoms with Gasteiger partial charge in [-0.05, 0) is 37.8 Å². The first kappa shape index (κ1) is 17.4. The number of benzene rings is 1. The van der Waals surface area contributed by atoms with E-state index in [9.17, 15) is 4.79 Å². The van der Waals surface area contributed by atoms with E-state index in [0.717, 1.165) is 31.4 Å². The van der Waals surface area contributed by atoms with Gasteiger partial charge in [0, 0.05) is 6.04 Å². The van der Waals surface area contributed by atoms with Crippen molar-refractivity contribution in [2.45, 2.75) is 51.5 Å². The molecular formula is C19H28N3OS+. The minimum absolute atomic E-state index is 0.198. The smallest absolute Gasteiger partial charge is 0.275 e. The van der Waals surface area contributed by atoms with Gasteiger partial charge >= 0.3 is 0 Å². The van der Waals surface area contributed by atoms with E-state index in [2.05, 4.69) is 37.4 Å².